The normalized spacial score (nSPS) is 13.0. The van der Waals surface area contributed by atoms with E-state index < -0.39 is 5.97 Å². The van der Waals surface area contributed by atoms with Crippen molar-refractivity contribution in [1.29, 1.82) is 5.41 Å². The molecule has 2 aromatic heterocycles. The molecule has 0 bridgehead atoms. The molecule has 23 heavy (non-hydrogen) atoms. The molecule has 0 radical (unpaired) electrons. The highest BCUT2D eigenvalue weighted by molar-refractivity contribution is 6.37. The van der Waals surface area contributed by atoms with Crippen LogP contribution in [0.5, 0.6) is 0 Å². The number of halogens is 1. The SMILES string of the molecule is CC(=N)c1c(NCc2cc3n(n2)CCC3)ncc(C(=O)O)c1Cl. The Balaban J connectivity index is 1.85. The van der Waals surface area contributed by atoms with Crippen LogP contribution < -0.4 is 5.32 Å². The third-order valence-corrected chi connectivity index (χ3v) is 4.17. The van der Waals surface area contributed by atoms with Gasteiger partial charge in [0.1, 0.15) is 5.82 Å². The van der Waals surface area contributed by atoms with Crippen molar-refractivity contribution in [2.24, 2.45) is 0 Å². The van der Waals surface area contributed by atoms with Gasteiger partial charge in [-0.1, -0.05) is 11.6 Å². The van der Waals surface area contributed by atoms with E-state index in [2.05, 4.69) is 15.4 Å². The fourth-order valence-electron chi connectivity index (χ4n) is 2.69. The van der Waals surface area contributed by atoms with E-state index in [9.17, 15) is 4.79 Å². The van der Waals surface area contributed by atoms with E-state index >= 15 is 0 Å². The average Bonchev–Trinajstić information content (AvgIpc) is 3.05. The lowest BCUT2D eigenvalue weighted by atomic mass is 10.1. The predicted octanol–water partition coefficient (Wildman–Crippen LogP) is 2.58. The van der Waals surface area contributed by atoms with Crippen LogP contribution in [-0.4, -0.2) is 31.6 Å². The second-order valence-electron chi connectivity index (χ2n) is 5.45. The second-order valence-corrected chi connectivity index (χ2v) is 5.82. The van der Waals surface area contributed by atoms with E-state index in [-0.39, 0.29) is 16.3 Å². The van der Waals surface area contributed by atoms with Crippen LogP contribution in [0.4, 0.5) is 5.82 Å². The number of anilines is 1. The van der Waals surface area contributed by atoms with Crippen molar-refractivity contribution in [2.45, 2.75) is 32.9 Å². The molecular formula is C15H16ClN5O2. The van der Waals surface area contributed by atoms with Crippen LogP contribution in [0.1, 0.15) is 40.7 Å². The molecule has 1 aliphatic rings. The summed E-state index contributed by atoms with van der Waals surface area (Å²) >= 11 is 6.13. The van der Waals surface area contributed by atoms with Crippen LogP contribution >= 0.6 is 11.6 Å². The van der Waals surface area contributed by atoms with Gasteiger partial charge in [0, 0.05) is 24.1 Å². The van der Waals surface area contributed by atoms with Crippen molar-refractivity contribution < 1.29 is 9.90 Å². The molecule has 0 unspecified atom stereocenters. The molecule has 8 heteroatoms. The first kappa shape index (κ1) is 15.5. The highest BCUT2D eigenvalue weighted by Crippen LogP contribution is 2.27. The molecule has 120 valence electrons. The van der Waals surface area contributed by atoms with Gasteiger partial charge < -0.3 is 15.8 Å². The average molecular weight is 334 g/mol. The van der Waals surface area contributed by atoms with Gasteiger partial charge in [-0.3, -0.25) is 4.68 Å². The van der Waals surface area contributed by atoms with E-state index in [1.165, 1.54) is 11.9 Å². The summed E-state index contributed by atoms with van der Waals surface area (Å²) in [6.07, 6.45) is 3.36. The number of aromatic carboxylic acids is 1. The second kappa shape index (κ2) is 6.00. The van der Waals surface area contributed by atoms with Crippen molar-refractivity contribution in [3.63, 3.8) is 0 Å². The zero-order valence-corrected chi connectivity index (χ0v) is 13.3. The maximum absolute atomic E-state index is 11.1. The molecule has 3 rings (SSSR count). The van der Waals surface area contributed by atoms with Crippen molar-refractivity contribution in [3.8, 4) is 0 Å². The molecule has 0 fully saturated rings. The molecule has 0 saturated heterocycles. The quantitative estimate of drug-likeness (QED) is 0.729. The summed E-state index contributed by atoms with van der Waals surface area (Å²) in [5.74, 6) is -0.775. The number of carboxylic acid groups (broad SMARTS) is 1. The number of carboxylic acids is 1. The molecule has 0 aliphatic carbocycles. The zero-order valence-electron chi connectivity index (χ0n) is 12.6. The van der Waals surface area contributed by atoms with Gasteiger partial charge in [0.2, 0.25) is 0 Å². The first-order chi connectivity index (χ1) is 11.0. The predicted molar refractivity (Wildman–Crippen MR) is 86.6 cm³/mol. The highest BCUT2D eigenvalue weighted by atomic mass is 35.5. The molecule has 0 atom stereocenters. The lowest BCUT2D eigenvalue weighted by molar-refractivity contribution is 0.0696. The maximum Gasteiger partial charge on any atom is 0.338 e. The Morgan fingerprint density at radius 2 is 2.35 bits per heavy atom. The van der Waals surface area contributed by atoms with Gasteiger partial charge in [-0.2, -0.15) is 5.10 Å². The Bertz CT molecular complexity index is 778. The summed E-state index contributed by atoms with van der Waals surface area (Å²) < 4.78 is 1.99. The van der Waals surface area contributed by atoms with E-state index in [0.717, 1.165) is 25.1 Å². The monoisotopic (exact) mass is 333 g/mol. The number of nitrogens with zero attached hydrogens (tertiary/aromatic N) is 3. The van der Waals surface area contributed by atoms with Gasteiger partial charge in [0.25, 0.3) is 0 Å². The molecule has 0 amide bonds. The number of nitrogens with one attached hydrogen (secondary N) is 2. The minimum atomic E-state index is -1.16. The number of hydrogen-bond donors (Lipinski definition) is 3. The topological polar surface area (TPSA) is 104 Å². The minimum absolute atomic E-state index is 0.0230. The largest absolute Gasteiger partial charge is 0.478 e. The molecule has 1 aliphatic heterocycles. The first-order valence-corrected chi connectivity index (χ1v) is 7.62. The van der Waals surface area contributed by atoms with Crippen molar-refractivity contribution in [2.75, 3.05) is 5.32 Å². The number of carbonyl (C=O) groups is 1. The Morgan fingerprint density at radius 3 is 3.00 bits per heavy atom. The van der Waals surface area contributed by atoms with Crippen LogP contribution in [-0.2, 0) is 19.5 Å². The molecule has 0 saturated carbocycles. The third-order valence-electron chi connectivity index (χ3n) is 3.77. The van der Waals surface area contributed by atoms with Crippen molar-refractivity contribution in [1.82, 2.24) is 14.8 Å². The van der Waals surface area contributed by atoms with Gasteiger partial charge in [0.15, 0.2) is 0 Å². The van der Waals surface area contributed by atoms with Crippen LogP contribution in [0.3, 0.4) is 0 Å². The van der Waals surface area contributed by atoms with E-state index in [4.69, 9.17) is 22.1 Å². The lowest BCUT2D eigenvalue weighted by Gasteiger charge is -2.12. The summed E-state index contributed by atoms with van der Waals surface area (Å²) in [5, 5.41) is 24.6. The van der Waals surface area contributed by atoms with Gasteiger partial charge in [0.05, 0.1) is 28.4 Å². The summed E-state index contributed by atoms with van der Waals surface area (Å²) in [7, 11) is 0. The highest BCUT2D eigenvalue weighted by Gasteiger charge is 2.19. The van der Waals surface area contributed by atoms with Gasteiger partial charge in [-0.15, -0.1) is 0 Å². The standard InChI is InChI=1S/C15H16ClN5O2/c1-8(17)12-13(16)11(15(22)23)7-19-14(12)18-6-9-5-10-3-2-4-21(10)20-9/h5,7,17H,2-4,6H2,1H3,(H,18,19)(H,22,23). The molecule has 0 spiro atoms. The van der Waals surface area contributed by atoms with Crippen LogP contribution in [0.2, 0.25) is 5.02 Å². The molecule has 7 nitrogen and oxygen atoms in total. The smallest absolute Gasteiger partial charge is 0.338 e. The lowest BCUT2D eigenvalue weighted by Crippen LogP contribution is -2.11. The van der Waals surface area contributed by atoms with E-state index in [0.29, 0.717) is 17.9 Å². The van der Waals surface area contributed by atoms with Gasteiger partial charge >= 0.3 is 5.97 Å². The number of aryl methyl sites for hydroxylation is 2. The zero-order chi connectivity index (χ0) is 16.6. The summed E-state index contributed by atoms with van der Waals surface area (Å²) in [5.41, 5.74) is 2.45. The Kier molecular flexibility index (Phi) is 4.04. The number of hydrogen-bond acceptors (Lipinski definition) is 5. The fraction of sp³-hybridized carbons (Fsp3) is 0.333. The number of pyridine rings is 1. The van der Waals surface area contributed by atoms with Gasteiger partial charge in [-0.25, -0.2) is 9.78 Å². The molecule has 3 N–H and O–H groups in total. The first-order valence-electron chi connectivity index (χ1n) is 7.24. The Labute approximate surface area is 137 Å². The molecular weight excluding hydrogens is 318 g/mol. The fourth-order valence-corrected chi connectivity index (χ4v) is 3.06. The van der Waals surface area contributed by atoms with E-state index in [1.807, 2.05) is 10.7 Å². The summed E-state index contributed by atoms with van der Waals surface area (Å²) in [6.45, 7) is 2.93. The van der Waals surface area contributed by atoms with Crippen molar-refractivity contribution >= 4 is 29.1 Å². The van der Waals surface area contributed by atoms with Gasteiger partial charge in [-0.05, 0) is 25.8 Å². The molecule has 2 aromatic rings. The van der Waals surface area contributed by atoms with Crippen LogP contribution in [0.25, 0.3) is 0 Å². The number of aromatic nitrogens is 3. The molecule has 3 heterocycles. The summed E-state index contributed by atoms with van der Waals surface area (Å²) in [6, 6.07) is 2.05. The molecule has 0 aromatic carbocycles. The third kappa shape index (κ3) is 2.92. The number of rotatable bonds is 5. The summed E-state index contributed by atoms with van der Waals surface area (Å²) in [4.78, 5) is 15.2. The Hall–Kier alpha value is -2.41. The number of fused-ring (bicyclic) bond motifs is 1. The minimum Gasteiger partial charge on any atom is -0.478 e. The van der Waals surface area contributed by atoms with Crippen LogP contribution in [0.15, 0.2) is 12.3 Å². The van der Waals surface area contributed by atoms with E-state index in [1.54, 1.807) is 6.92 Å². The van der Waals surface area contributed by atoms with Crippen molar-refractivity contribution in [3.05, 3.63) is 39.8 Å². The Morgan fingerprint density at radius 1 is 1.57 bits per heavy atom. The van der Waals surface area contributed by atoms with Crippen LogP contribution in [0, 0.1) is 5.41 Å². The maximum atomic E-state index is 11.1.